The molecule has 0 atom stereocenters. The van der Waals surface area contributed by atoms with Gasteiger partial charge in [0.1, 0.15) is 6.07 Å². The van der Waals surface area contributed by atoms with E-state index in [0.29, 0.717) is 30.2 Å². The number of amides is 1. The molecule has 1 amide bonds. The second-order valence-electron chi connectivity index (χ2n) is 5.54. The number of benzene rings is 1. The predicted octanol–water partition coefficient (Wildman–Crippen LogP) is 2.03. The number of nitriles is 1. The van der Waals surface area contributed by atoms with Gasteiger partial charge in [-0.3, -0.25) is 4.79 Å². The van der Waals surface area contributed by atoms with Gasteiger partial charge in [0.05, 0.1) is 6.04 Å². The summed E-state index contributed by atoms with van der Waals surface area (Å²) < 4.78 is 0. The van der Waals surface area contributed by atoms with Gasteiger partial charge in [-0.25, -0.2) is 9.97 Å². The molecule has 0 unspecified atom stereocenters. The zero-order chi connectivity index (χ0) is 17.1. The summed E-state index contributed by atoms with van der Waals surface area (Å²) in [5.74, 6) is 0.591. The topological polar surface area (TPSA) is 73.1 Å². The van der Waals surface area contributed by atoms with E-state index in [4.69, 9.17) is 5.26 Å². The number of anilines is 1. The number of likely N-dealkylation sites (N-methyl/N-ethyl adjacent to an activating group) is 1. The molecule has 1 saturated heterocycles. The number of aromatic nitrogens is 2. The molecular weight excluding hydrogens is 322 g/mol. The van der Waals surface area contributed by atoms with Crippen LogP contribution in [0.5, 0.6) is 0 Å². The molecule has 1 aromatic carbocycles. The van der Waals surface area contributed by atoms with E-state index < -0.39 is 0 Å². The van der Waals surface area contributed by atoms with Gasteiger partial charge in [-0.2, -0.15) is 5.26 Å². The summed E-state index contributed by atoms with van der Waals surface area (Å²) in [4.78, 5) is 25.7. The third-order valence-corrected chi connectivity index (χ3v) is 4.90. The van der Waals surface area contributed by atoms with Gasteiger partial charge in [0.2, 0.25) is 0 Å². The van der Waals surface area contributed by atoms with Crippen LogP contribution in [0.25, 0.3) is 0 Å². The van der Waals surface area contributed by atoms with Crippen molar-refractivity contribution in [3.8, 4) is 6.07 Å². The SMILES string of the molecule is CSc1ccc(C(=O)N(C)C2CN(c3nccnc3C#N)C2)cc1. The van der Waals surface area contributed by atoms with Crippen molar-refractivity contribution in [3.63, 3.8) is 0 Å². The Hall–Kier alpha value is -2.59. The van der Waals surface area contributed by atoms with Crippen LogP contribution in [-0.2, 0) is 0 Å². The van der Waals surface area contributed by atoms with Gasteiger partial charge in [0, 0.05) is 43.0 Å². The third kappa shape index (κ3) is 3.05. The lowest BCUT2D eigenvalue weighted by Gasteiger charge is -2.44. The fraction of sp³-hybridized carbons (Fsp3) is 0.294. The normalized spacial score (nSPS) is 14.0. The molecule has 1 aromatic heterocycles. The van der Waals surface area contributed by atoms with Crippen LogP contribution in [0.4, 0.5) is 5.82 Å². The van der Waals surface area contributed by atoms with Crippen molar-refractivity contribution in [1.29, 1.82) is 5.26 Å². The highest BCUT2D eigenvalue weighted by molar-refractivity contribution is 7.98. The molecule has 1 aliphatic heterocycles. The summed E-state index contributed by atoms with van der Waals surface area (Å²) in [5, 5.41) is 9.10. The van der Waals surface area contributed by atoms with E-state index in [1.807, 2.05) is 42.5 Å². The van der Waals surface area contributed by atoms with Gasteiger partial charge in [-0.15, -0.1) is 11.8 Å². The van der Waals surface area contributed by atoms with Crippen LogP contribution in [0.15, 0.2) is 41.6 Å². The van der Waals surface area contributed by atoms with Crippen LogP contribution in [0.2, 0.25) is 0 Å². The summed E-state index contributed by atoms with van der Waals surface area (Å²) in [7, 11) is 1.81. The zero-order valence-corrected chi connectivity index (χ0v) is 14.3. The number of rotatable bonds is 4. The fourth-order valence-electron chi connectivity index (χ4n) is 2.62. The highest BCUT2D eigenvalue weighted by atomic mass is 32.2. The average Bonchev–Trinajstić information content (AvgIpc) is 2.60. The molecular formula is C17H17N5OS. The molecule has 1 aliphatic rings. The quantitative estimate of drug-likeness (QED) is 0.794. The molecule has 0 N–H and O–H groups in total. The molecule has 2 aromatic rings. The Morgan fingerprint density at radius 1 is 1.29 bits per heavy atom. The molecule has 0 saturated carbocycles. The van der Waals surface area contributed by atoms with Crippen LogP contribution >= 0.6 is 11.8 Å². The fourth-order valence-corrected chi connectivity index (χ4v) is 3.03. The smallest absolute Gasteiger partial charge is 0.253 e. The van der Waals surface area contributed by atoms with Crippen molar-refractivity contribution in [1.82, 2.24) is 14.9 Å². The minimum absolute atomic E-state index is 0.00644. The maximum absolute atomic E-state index is 12.6. The molecule has 24 heavy (non-hydrogen) atoms. The van der Waals surface area contributed by atoms with Crippen molar-refractivity contribution >= 4 is 23.5 Å². The minimum Gasteiger partial charge on any atom is -0.350 e. The van der Waals surface area contributed by atoms with Gasteiger partial charge < -0.3 is 9.80 Å². The third-order valence-electron chi connectivity index (χ3n) is 4.15. The van der Waals surface area contributed by atoms with Crippen molar-refractivity contribution in [3.05, 3.63) is 47.9 Å². The lowest BCUT2D eigenvalue weighted by atomic mass is 10.1. The number of nitrogens with zero attached hydrogens (tertiary/aromatic N) is 5. The summed E-state index contributed by atoms with van der Waals surface area (Å²) in [6.45, 7) is 1.30. The maximum Gasteiger partial charge on any atom is 0.253 e. The Kier molecular flexibility index (Phi) is 4.67. The van der Waals surface area contributed by atoms with Gasteiger partial charge >= 0.3 is 0 Å². The molecule has 6 nitrogen and oxygen atoms in total. The van der Waals surface area contributed by atoms with Gasteiger partial charge in [0.15, 0.2) is 11.5 Å². The first-order chi connectivity index (χ1) is 11.6. The van der Waals surface area contributed by atoms with E-state index in [9.17, 15) is 4.79 Å². The van der Waals surface area contributed by atoms with E-state index in [-0.39, 0.29) is 11.9 Å². The van der Waals surface area contributed by atoms with Gasteiger partial charge in [-0.05, 0) is 30.5 Å². The maximum atomic E-state index is 12.6. The van der Waals surface area contributed by atoms with Crippen molar-refractivity contribution in [2.24, 2.45) is 0 Å². The standard InChI is InChI=1S/C17H17N5OS/c1-21(17(23)12-3-5-14(24-2)6-4-12)13-10-22(11-13)16-15(9-18)19-7-8-20-16/h3-8,13H,10-11H2,1-2H3. The van der Waals surface area contributed by atoms with E-state index in [2.05, 4.69) is 16.0 Å². The Morgan fingerprint density at radius 2 is 1.96 bits per heavy atom. The Labute approximate surface area is 145 Å². The number of hydrogen-bond acceptors (Lipinski definition) is 6. The lowest BCUT2D eigenvalue weighted by Crippen LogP contribution is -2.60. The van der Waals surface area contributed by atoms with Crippen LogP contribution in [-0.4, -0.2) is 53.2 Å². The van der Waals surface area contributed by atoms with Gasteiger partial charge in [-0.1, -0.05) is 0 Å². The molecule has 2 heterocycles. The predicted molar refractivity (Wildman–Crippen MR) is 93.1 cm³/mol. The number of carbonyl (C=O) groups is 1. The summed E-state index contributed by atoms with van der Waals surface area (Å²) >= 11 is 1.65. The first-order valence-electron chi connectivity index (χ1n) is 7.51. The second kappa shape index (κ2) is 6.89. The van der Waals surface area contributed by atoms with Crippen molar-refractivity contribution < 1.29 is 4.79 Å². The molecule has 1 fully saturated rings. The van der Waals surface area contributed by atoms with E-state index in [1.54, 1.807) is 22.9 Å². The number of hydrogen-bond donors (Lipinski definition) is 0. The van der Waals surface area contributed by atoms with Crippen molar-refractivity contribution in [2.75, 3.05) is 31.3 Å². The minimum atomic E-state index is 0.00644. The molecule has 0 aliphatic carbocycles. The van der Waals surface area contributed by atoms with Crippen LogP contribution in [0.3, 0.4) is 0 Å². The summed E-state index contributed by atoms with van der Waals surface area (Å²) in [6.07, 6.45) is 5.09. The molecule has 0 radical (unpaired) electrons. The van der Waals surface area contributed by atoms with E-state index in [0.717, 1.165) is 4.90 Å². The highest BCUT2D eigenvalue weighted by Crippen LogP contribution is 2.24. The Bertz CT molecular complexity index is 780. The van der Waals surface area contributed by atoms with Crippen molar-refractivity contribution in [2.45, 2.75) is 10.9 Å². The molecule has 122 valence electrons. The first-order valence-corrected chi connectivity index (χ1v) is 8.73. The molecule has 7 heteroatoms. The van der Waals surface area contributed by atoms with Gasteiger partial charge in [0.25, 0.3) is 5.91 Å². The second-order valence-corrected chi connectivity index (χ2v) is 6.42. The largest absolute Gasteiger partial charge is 0.350 e. The van der Waals surface area contributed by atoms with Crippen LogP contribution in [0, 0.1) is 11.3 Å². The number of carbonyl (C=O) groups excluding carboxylic acids is 1. The number of thioether (sulfide) groups is 1. The highest BCUT2D eigenvalue weighted by Gasteiger charge is 2.34. The zero-order valence-electron chi connectivity index (χ0n) is 13.5. The van der Waals surface area contributed by atoms with Crippen LogP contribution < -0.4 is 4.90 Å². The van der Waals surface area contributed by atoms with E-state index >= 15 is 0 Å². The summed E-state index contributed by atoms with van der Waals surface area (Å²) in [5.41, 5.74) is 1.00. The lowest BCUT2D eigenvalue weighted by molar-refractivity contribution is 0.0705. The first kappa shape index (κ1) is 16.3. The Balaban J connectivity index is 1.64. The summed E-state index contributed by atoms with van der Waals surface area (Å²) in [6, 6.07) is 9.78. The monoisotopic (exact) mass is 339 g/mol. The molecule has 0 bridgehead atoms. The average molecular weight is 339 g/mol. The Morgan fingerprint density at radius 3 is 2.58 bits per heavy atom. The molecule has 0 spiro atoms. The van der Waals surface area contributed by atoms with Crippen LogP contribution in [0.1, 0.15) is 16.1 Å². The van der Waals surface area contributed by atoms with E-state index in [1.165, 1.54) is 6.20 Å². The molecule has 3 rings (SSSR count).